The monoisotopic (exact) mass is 492 g/mol. The Morgan fingerprint density at radius 3 is 2.76 bits per heavy atom. The number of carbonyl (C=O) groups is 1. The Morgan fingerprint density at radius 2 is 2.06 bits per heavy atom. The summed E-state index contributed by atoms with van der Waals surface area (Å²) >= 11 is 1.39. The number of fused-ring (bicyclic) bond motifs is 1. The summed E-state index contributed by atoms with van der Waals surface area (Å²) in [4.78, 5) is 19.4. The van der Waals surface area contributed by atoms with E-state index in [-0.39, 0.29) is 35.5 Å². The Bertz CT molecular complexity index is 1220. The highest BCUT2D eigenvalue weighted by Gasteiger charge is 2.26. The molecular weight excluding hydrogens is 467 g/mol. The topological polar surface area (TPSA) is 85.8 Å². The van der Waals surface area contributed by atoms with E-state index in [1.807, 2.05) is 18.2 Å². The molecule has 1 aromatic heterocycles. The molecule has 0 saturated carbocycles. The van der Waals surface area contributed by atoms with E-state index in [0.717, 1.165) is 35.2 Å². The number of rotatable bonds is 9. The van der Waals surface area contributed by atoms with Gasteiger partial charge in [0, 0.05) is 13.0 Å². The molecule has 2 aromatic carbocycles. The van der Waals surface area contributed by atoms with E-state index in [1.165, 1.54) is 23.5 Å². The van der Waals surface area contributed by atoms with Crippen LogP contribution in [0.5, 0.6) is 5.75 Å². The van der Waals surface area contributed by atoms with Gasteiger partial charge < -0.3 is 9.47 Å². The molecule has 0 radical (unpaired) electrons. The standard InChI is InChI=1S/C23H25FN2O5S2/c1-30-17-8-11-20-21(14-17)32-23(25-20)26(15-18-4-2-12-31-18)22(27)5-3-13-33(28,29)19-9-6-16(24)7-10-19/h6-11,14,18H,2-5,12-13,15H2,1H3. The smallest absolute Gasteiger partial charge is 0.228 e. The van der Waals surface area contributed by atoms with Crippen molar-refractivity contribution in [3.63, 3.8) is 0 Å². The third-order valence-electron chi connectivity index (χ3n) is 5.50. The van der Waals surface area contributed by atoms with E-state index >= 15 is 0 Å². The van der Waals surface area contributed by atoms with Crippen molar-refractivity contribution in [1.29, 1.82) is 0 Å². The van der Waals surface area contributed by atoms with Gasteiger partial charge in [-0.15, -0.1) is 0 Å². The molecule has 7 nitrogen and oxygen atoms in total. The van der Waals surface area contributed by atoms with Crippen LogP contribution in [0.25, 0.3) is 10.2 Å². The summed E-state index contributed by atoms with van der Waals surface area (Å²) in [6, 6.07) is 10.3. The van der Waals surface area contributed by atoms with Crippen LogP contribution in [0.1, 0.15) is 25.7 Å². The molecule has 1 fully saturated rings. The van der Waals surface area contributed by atoms with Crippen LogP contribution in [0.15, 0.2) is 47.4 Å². The molecule has 1 unspecified atom stereocenters. The fraction of sp³-hybridized carbons (Fsp3) is 0.391. The molecule has 1 amide bonds. The average Bonchev–Trinajstić information content (AvgIpc) is 3.46. The highest BCUT2D eigenvalue weighted by molar-refractivity contribution is 7.91. The Kier molecular flexibility index (Phi) is 7.26. The predicted molar refractivity (Wildman–Crippen MR) is 125 cm³/mol. The summed E-state index contributed by atoms with van der Waals surface area (Å²) < 4.78 is 50.1. The SMILES string of the molecule is COc1ccc2nc(N(CC3CCCO3)C(=O)CCCS(=O)(=O)c3ccc(F)cc3)sc2c1. The Labute approximate surface area is 196 Å². The highest BCUT2D eigenvalue weighted by Crippen LogP contribution is 2.32. The first-order valence-corrected chi connectivity index (χ1v) is 13.2. The van der Waals surface area contributed by atoms with Crippen LogP contribution in [0, 0.1) is 5.82 Å². The van der Waals surface area contributed by atoms with Crippen molar-refractivity contribution in [1.82, 2.24) is 4.98 Å². The second kappa shape index (κ2) is 10.1. The first kappa shape index (κ1) is 23.6. The van der Waals surface area contributed by atoms with Crippen LogP contribution in [-0.4, -0.2) is 51.4 Å². The number of thiazole rings is 1. The lowest BCUT2D eigenvalue weighted by atomic mass is 10.2. The molecule has 2 heterocycles. The van der Waals surface area contributed by atoms with E-state index in [4.69, 9.17) is 9.47 Å². The third kappa shape index (κ3) is 5.69. The van der Waals surface area contributed by atoms with Gasteiger partial charge in [0.25, 0.3) is 0 Å². The maximum absolute atomic E-state index is 13.2. The van der Waals surface area contributed by atoms with Crippen LogP contribution in [0.4, 0.5) is 9.52 Å². The van der Waals surface area contributed by atoms with Crippen molar-refractivity contribution >= 4 is 42.4 Å². The summed E-state index contributed by atoms with van der Waals surface area (Å²) in [6.45, 7) is 1.04. The Balaban J connectivity index is 1.48. The molecule has 176 valence electrons. The second-order valence-corrected chi connectivity index (χ2v) is 11.0. The molecule has 1 atom stereocenters. The van der Waals surface area contributed by atoms with Crippen molar-refractivity contribution in [2.45, 2.75) is 36.7 Å². The van der Waals surface area contributed by atoms with E-state index < -0.39 is 15.7 Å². The lowest BCUT2D eigenvalue weighted by Crippen LogP contribution is -2.37. The van der Waals surface area contributed by atoms with Crippen molar-refractivity contribution in [3.8, 4) is 5.75 Å². The molecule has 4 rings (SSSR count). The van der Waals surface area contributed by atoms with Crippen LogP contribution in [0.2, 0.25) is 0 Å². The molecule has 33 heavy (non-hydrogen) atoms. The quantitative estimate of drug-likeness (QED) is 0.416. The zero-order chi connectivity index (χ0) is 23.4. The Hall–Kier alpha value is -2.56. The van der Waals surface area contributed by atoms with E-state index in [2.05, 4.69) is 4.98 Å². The fourth-order valence-corrected chi connectivity index (χ4v) is 6.05. The van der Waals surface area contributed by atoms with Gasteiger partial charge in [0.2, 0.25) is 5.91 Å². The highest BCUT2D eigenvalue weighted by atomic mass is 32.2. The minimum atomic E-state index is -3.60. The third-order valence-corrected chi connectivity index (χ3v) is 8.36. The molecule has 1 aliphatic heterocycles. The van der Waals surface area contributed by atoms with Crippen molar-refractivity contribution in [3.05, 3.63) is 48.3 Å². The average molecular weight is 493 g/mol. The van der Waals surface area contributed by atoms with Crippen molar-refractivity contribution in [2.75, 3.05) is 30.9 Å². The predicted octanol–water partition coefficient (Wildman–Crippen LogP) is 4.21. The molecule has 3 aromatic rings. The van der Waals surface area contributed by atoms with Crippen LogP contribution < -0.4 is 9.64 Å². The van der Waals surface area contributed by atoms with Crippen LogP contribution >= 0.6 is 11.3 Å². The van der Waals surface area contributed by atoms with E-state index in [0.29, 0.717) is 24.0 Å². The van der Waals surface area contributed by atoms with Gasteiger partial charge in [0.05, 0.1) is 40.6 Å². The number of benzene rings is 2. The fourth-order valence-electron chi connectivity index (χ4n) is 3.72. The summed E-state index contributed by atoms with van der Waals surface area (Å²) in [5.74, 6) is -0.191. The molecule has 10 heteroatoms. The van der Waals surface area contributed by atoms with Crippen molar-refractivity contribution < 1.29 is 27.1 Å². The van der Waals surface area contributed by atoms with Crippen LogP contribution in [0.3, 0.4) is 0 Å². The zero-order valence-corrected chi connectivity index (χ0v) is 19.8. The number of aromatic nitrogens is 1. The summed E-state index contributed by atoms with van der Waals surface area (Å²) in [7, 11) is -2.01. The molecule has 0 spiro atoms. The molecular formula is C23H25FN2O5S2. The minimum Gasteiger partial charge on any atom is -0.497 e. The normalized spacial score (nSPS) is 16.2. The number of anilines is 1. The Morgan fingerprint density at radius 1 is 1.27 bits per heavy atom. The summed E-state index contributed by atoms with van der Waals surface area (Å²) in [5, 5.41) is 0.556. The van der Waals surface area contributed by atoms with Gasteiger partial charge in [-0.3, -0.25) is 9.69 Å². The lowest BCUT2D eigenvalue weighted by molar-refractivity contribution is -0.119. The first-order valence-electron chi connectivity index (χ1n) is 10.7. The van der Waals surface area contributed by atoms with Gasteiger partial charge in [0.15, 0.2) is 15.0 Å². The van der Waals surface area contributed by atoms with Crippen LogP contribution in [-0.2, 0) is 19.4 Å². The number of hydrogen-bond donors (Lipinski definition) is 0. The van der Waals surface area contributed by atoms with Gasteiger partial charge in [-0.05, 0) is 61.7 Å². The molecule has 0 bridgehead atoms. The maximum Gasteiger partial charge on any atom is 0.228 e. The number of nitrogens with zero attached hydrogens (tertiary/aromatic N) is 2. The van der Waals surface area contributed by atoms with Crippen molar-refractivity contribution in [2.24, 2.45) is 0 Å². The molecule has 1 aliphatic rings. The van der Waals surface area contributed by atoms with Gasteiger partial charge >= 0.3 is 0 Å². The van der Waals surface area contributed by atoms with Gasteiger partial charge in [-0.2, -0.15) is 0 Å². The van der Waals surface area contributed by atoms with Gasteiger partial charge in [-0.1, -0.05) is 11.3 Å². The number of sulfone groups is 1. The number of carbonyl (C=O) groups excluding carboxylic acids is 1. The second-order valence-electron chi connectivity index (χ2n) is 7.85. The van der Waals surface area contributed by atoms with Gasteiger partial charge in [0.1, 0.15) is 11.6 Å². The number of hydrogen-bond acceptors (Lipinski definition) is 7. The lowest BCUT2D eigenvalue weighted by Gasteiger charge is -2.23. The first-order chi connectivity index (χ1) is 15.9. The van der Waals surface area contributed by atoms with E-state index in [9.17, 15) is 17.6 Å². The number of methoxy groups -OCH3 is 1. The van der Waals surface area contributed by atoms with E-state index in [1.54, 1.807) is 12.0 Å². The number of amides is 1. The largest absolute Gasteiger partial charge is 0.497 e. The number of ether oxygens (including phenoxy) is 2. The maximum atomic E-state index is 13.2. The van der Waals surface area contributed by atoms with Gasteiger partial charge in [-0.25, -0.2) is 17.8 Å². The number of halogens is 1. The molecule has 0 aliphatic carbocycles. The molecule has 0 N–H and O–H groups in total. The summed E-state index contributed by atoms with van der Waals surface area (Å²) in [6.07, 6.45) is 1.94. The molecule has 1 saturated heterocycles. The minimum absolute atomic E-state index is 0.0480. The summed E-state index contributed by atoms with van der Waals surface area (Å²) in [5.41, 5.74) is 0.764. The zero-order valence-electron chi connectivity index (χ0n) is 18.2.